The maximum absolute atomic E-state index is 12.9. The first-order valence-corrected chi connectivity index (χ1v) is 8.40. The highest BCUT2D eigenvalue weighted by atomic mass is 19.4. The molecule has 0 saturated carbocycles. The third kappa shape index (κ3) is 4.85. The Kier molecular flexibility index (Phi) is 6.08. The van der Waals surface area contributed by atoms with Crippen LogP contribution < -0.4 is 10.6 Å². The predicted octanol–water partition coefficient (Wildman–Crippen LogP) is 5.00. The molecule has 2 N–H and O–H groups in total. The van der Waals surface area contributed by atoms with Crippen LogP contribution in [0.5, 0.6) is 0 Å². The molecule has 6 heteroatoms. The number of amides is 1. The van der Waals surface area contributed by atoms with Crippen LogP contribution in [0.1, 0.15) is 42.1 Å². The number of alkyl halides is 3. The number of halogens is 3. The van der Waals surface area contributed by atoms with Gasteiger partial charge in [0.2, 0.25) is 5.91 Å². The van der Waals surface area contributed by atoms with Gasteiger partial charge in [0.25, 0.3) is 0 Å². The second kappa shape index (κ2) is 7.91. The number of hydrogen-bond acceptors (Lipinski definition) is 2. The van der Waals surface area contributed by atoms with Crippen LogP contribution in [0.3, 0.4) is 0 Å². The van der Waals surface area contributed by atoms with E-state index < -0.39 is 23.8 Å². The minimum atomic E-state index is -4.39. The molecule has 0 aromatic heterocycles. The lowest BCUT2D eigenvalue weighted by Crippen LogP contribution is -2.39. The van der Waals surface area contributed by atoms with Crippen molar-refractivity contribution in [3.05, 3.63) is 64.7 Å². The number of para-hydroxylation sites is 1. The molecule has 140 valence electrons. The molecular formula is C20H23F3N2O. The molecule has 0 spiro atoms. The molecule has 2 aromatic rings. The van der Waals surface area contributed by atoms with Gasteiger partial charge in [-0.25, -0.2) is 0 Å². The largest absolute Gasteiger partial charge is 0.416 e. The smallest absolute Gasteiger partial charge is 0.324 e. The molecule has 3 nitrogen and oxygen atoms in total. The van der Waals surface area contributed by atoms with Crippen molar-refractivity contribution in [2.24, 2.45) is 0 Å². The molecule has 26 heavy (non-hydrogen) atoms. The van der Waals surface area contributed by atoms with Crippen molar-refractivity contribution in [3.8, 4) is 0 Å². The molecule has 0 aliphatic carbocycles. The maximum Gasteiger partial charge on any atom is 0.416 e. The lowest BCUT2D eigenvalue weighted by molar-refractivity contribution is -0.137. The van der Waals surface area contributed by atoms with E-state index in [1.165, 1.54) is 6.07 Å². The topological polar surface area (TPSA) is 41.1 Å². The summed E-state index contributed by atoms with van der Waals surface area (Å²) in [6, 6.07) is 9.88. The summed E-state index contributed by atoms with van der Waals surface area (Å²) in [4.78, 5) is 12.5. The molecule has 0 aliphatic heterocycles. The highest BCUT2D eigenvalue weighted by Crippen LogP contribution is 2.30. The Hall–Kier alpha value is -2.34. The average molecular weight is 364 g/mol. The molecule has 2 atom stereocenters. The zero-order valence-electron chi connectivity index (χ0n) is 15.2. The van der Waals surface area contributed by atoms with Crippen LogP contribution in [-0.4, -0.2) is 11.9 Å². The molecule has 0 bridgehead atoms. The maximum atomic E-state index is 12.9. The summed E-state index contributed by atoms with van der Waals surface area (Å²) in [5.74, 6) is -0.235. The highest BCUT2D eigenvalue weighted by molar-refractivity contribution is 5.95. The third-order valence-electron chi connectivity index (χ3n) is 4.34. The van der Waals surface area contributed by atoms with Crippen LogP contribution in [-0.2, 0) is 11.0 Å². The lowest BCUT2D eigenvalue weighted by Gasteiger charge is -2.21. The molecule has 0 fully saturated rings. The number of carbonyl (C=O) groups is 1. The van der Waals surface area contributed by atoms with Gasteiger partial charge in [-0.2, -0.15) is 13.2 Å². The van der Waals surface area contributed by atoms with Gasteiger partial charge in [-0.05, 0) is 56.5 Å². The van der Waals surface area contributed by atoms with Crippen molar-refractivity contribution < 1.29 is 18.0 Å². The van der Waals surface area contributed by atoms with Crippen molar-refractivity contribution >= 4 is 11.6 Å². The fourth-order valence-corrected chi connectivity index (χ4v) is 2.77. The van der Waals surface area contributed by atoms with Gasteiger partial charge < -0.3 is 5.32 Å². The lowest BCUT2D eigenvalue weighted by atomic mass is 10.0. The number of hydrogen-bond donors (Lipinski definition) is 2. The summed E-state index contributed by atoms with van der Waals surface area (Å²) in [7, 11) is 0. The van der Waals surface area contributed by atoms with Crippen LogP contribution in [0.4, 0.5) is 18.9 Å². The van der Waals surface area contributed by atoms with Gasteiger partial charge in [0.05, 0.1) is 11.6 Å². The van der Waals surface area contributed by atoms with Crippen LogP contribution in [0, 0.1) is 13.8 Å². The first-order chi connectivity index (χ1) is 12.1. The van der Waals surface area contributed by atoms with Crippen LogP contribution in [0.25, 0.3) is 0 Å². The summed E-state index contributed by atoms with van der Waals surface area (Å²) in [6.45, 7) is 7.24. The van der Waals surface area contributed by atoms with E-state index in [2.05, 4.69) is 10.6 Å². The van der Waals surface area contributed by atoms with Crippen molar-refractivity contribution in [3.63, 3.8) is 0 Å². The molecule has 0 radical (unpaired) electrons. The molecule has 2 aromatic carbocycles. The Morgan fingerprint density at radius 3 is 2.15 bits per heavy atom. The quantitative estimate of drug-likeness (QED) is 0.784. The zero-order chi connectivity index (χ0) is 19.5. The number of nitrogens with one attached hydrogen (secondary N) is 2. The Balaban J connectivity index is 2.07. The molecule has 2 unspecified atom stereocenters. The summed E-state index contributed by atoms with van der Waals surface area (Å²) >= 11 is 0. The molecule has 0 saturated heterocycles. The van der Waals surface area contributed by atoms with Gasteiger partial charge in [-0.3, -0.25) is 10.1 Å². The second-order valence-electron chi connectivity index (χ2n) is 6.49. The number of aryl methyl sites for hydroxylation is 2. The summed E-state index contributed by atoms with van der Waals surface area (Å²) in [5, 5.41) is 5.94. The van der Waals surface area contributed by atoms with E-state index in [0.717, 1.165) is 28.9 Å². The van der Waals surface area contributed by atoms with Crippen molar-refractivity contribution in [1.29, 1.82) is 0 Å². The summed E-state index contributed by atoms with van der Waals surface area (Å²) in [5.41, 5.74) is 2.45. The van der Waals surface area contributed by atoms with Crippen LogP contribution in [0.2, 0.25) is 0 Å². The Morgan fingerprint density at radius 1 is 1.00 bits per heavy atom. The van der Waals surface area contributed by atoms with Gasteiger partial charge >= 0.3 is 6.18 Å². The summed E-state index contributed by atoms with van der Waals surface area (Å²) < 4.78 is 38.6. The number of benzene rings is 2. The van der Waals surface area contributed by atoms with Gasteiger partial charge in [-0.1, -0.05) is 30.3 Å². The number of carbonyl (C=O) groups excluding carboxylic acids is 1. The predicted molar refractivity (Wildman–Crippen MR) is 97.0 cm³/mol. The Morgan fingerprint density at radius 2 is 1.58 bits per heavy atom. The van der Waals surface area contributed by atoms with Gasteiger partial charge in [0.1, 0.15) is 0 Å². The van der Waals surface area contributed by atoms with Gasteiger partial charge in [0.15, 0.2) is 0 Å². The highest BCUT2D eigenvalue weighted by Gasteiger charge is 2.30. The number of rotatable bonds is 5. The first-order valence-electron chi connectivity index (χ1n) is 8.40. The van der Waals surface area contributed by atoms with E-state index in [0.29, 0.717) is 5.56 Å². The molecule has 2 rings (SSSR count). The third-order valence-corrected chi connectivity index (χ3v) is 4.34. The summed E-state index contributed by atoms with van der Waals surface area (Å²) in [6.07, 6.45) is -4.39. The second-order valence-corrected chi connectivity index (χ2v) is 6.49. The van der Waals surface area contributed by atoms with E-state index in [1.807, 2.05) is 32.0 Å². The van der Waals surface area contributed by atoms with E-state index >= 15 is 0 Å². The monoisotopic (exact) mass is 364 g/mol. The van der Waals surface area contributed by atoms with E-state index in [9.17, 15) is 18.0 Å². The van der Waals surface area contributed by atoms with E-state index in [4.69, 9.17) is 0 Å². The molecule has 0 aliphatic rings. The zero-order valence-corrected chi connectivity index (χ0v) is 15.2. The van der Waals surface area contributed by atoms with Crippen molar-refractivity contribution in [2.45, 2.75) is 46.0 Å². The number of anilines is 1. The average Bonchev–Trinajstić information content (AvgIpc) is 2.57. The van der Waals surface area contributed by atoms with Gasteiger partial charge in [-0.15, -0.1) is 0 Å². The first kappa shape index (κ1) is 20.0. The van der Waals surface area contributed by atoms with E-state index in [-0.39, 0.29) is 5.91 Å². The van der Waals surface area contributed by atoms with E-state index in [1.54, 1.807) is 19.9 Å². The van der Waals surface area contributed by atoms with Crippen molar-refractivity contribution in [2.75, 3.05) is 5.32 Å². The SMILES string of the molecule is Cc1cccc(C)c1NC(=O)C(C)NC(C)c1cccc(C(F)(F)F)c1. The minimum Gasteiger partial charge on any atom is -0.324 e. The fourth-order valence-electron chi connectivity index (χ4n) is 2.77. The Labute approximate surface area is 151 Å². The fraction of sp³-hybridized carbons (Fsp3) is 0.350. The van der Waals surface area contributed by atoms with Gasteiger partial charge in [0, 0.05) is 11.7 Å². The Bertz CT molecular complexity index is 767. The van der Waals surface area contributed by atoms with Crippen LogP contribution in [0.15, 0.2) is 42.5 Å². The molecule has 0 heterocycles. The van der Waals surface area contributed by atoms with Crippen molar-refractivity contribution in [1.82, 2.24) is 5.32 Å². The van der Waals surface area contributed by atoms with Crippen LogP contribution >= 0.6 is 0 Å². The normalized spacial score (nSPS) is 14.0. The standard InChI is InChI=1S/C20H23F3N2O/c1-12-7-5-8-13(2)18(12)25-19(26)15(4)24-14(3)16-9-6-10-17(11-16)20(21,22)23/h5-11,14-15,24H,1-4H3,(H,25,26). The molecular weight excluding hydrogens is 341 g/mol. The minimum absolute atomic E-state index is 0.235. The molecule has 1 amide bonds.